The van der Waals surface area contributed by atoms with Crippen molar-refractivity contribution in [3.8, 4) is 0 Å². The highest BCUT2D eigenvalue weighted by molar-refractivity contribution is 5.88. The van der Waals surface area contributed by atoms with Crippen LogP contribution in [0.2, 0.25) is 0 Å². The third-order valence-corrected chi connectivity index (χ3v) is 3.39. The first-order valence-electron chi connectivity index (χ1n) is 7.96. The number of nitrogens with zero attached hydrogens (tertiary/aromatic N) is 3. The largest absolute Gasteiger partial charge is 0.463 e. The van der Waals surface area contributed by atoms with E-state index in [1.807, 2.05) is 13.8 Å². The summed E-state index contributed by atoms with van der Waals surface area (Å²) >= 11 is 0. The summed E-state index contributed by atoms with van der Waals surface area (Å²) in [4.78, 5) is 37.1. The van der Waals surface area contributed by atoms with Crippen molar-refractivity contribution in [2.24, 2.45) is 11.7 Å². The van der Waals surface area contributed by atoms with E-state index in [-0.39, 0.29) is 18.3 Å². The van der Waals surface area contributed by atoms with Gasteiger partial charge in [0.15, 0.2) is 6.23 Å². The molecule has 10 nitrogen and oxygen atoms in total. The number of rotatable bonds is 5. The van der Waals surface area contributed by atoms with Gasteiger partial charge in [-0.15, -0.1) is 5.10 Å². The highest BCUT2D eigenvalue weighted by atomic mass is 16.6. The number of hydrogen-bond donors (Lipinski definition) is 1. The van der Waals surface area contributed by atoms with E-state index < -0.39 is 36.3 Å². The van der Waals surface area contributed by atoms with E-state index in [9.17, 15) is 14.4 Å². The van der Waals surface area contributed by atoms with Crippen molar-refractivity contribution in [2.45, 2.75) is 53.1 Å². The van der Waals surface area contributed by atoms with Crippen LogP contribution in [-0.4, -0.2) is 51.4 Å². The van der Waals surface area contributed by atoms with Gasteiger partial charge < -0.3 is 19.9 Å². The molecule has 2 N–H and O–H groups in total. The average molecular weight is 356 g/mol. The lowest BCUT2D eigenvalue weighted by molar-refractivity contribution is -0.156. The number of carbonyl (C=O) groups excluding carboxylic acids is 3. The lowest BCUT2D eigenvalue weighted by Crippen LogP contribution is -2.34. The fourth-order valence-corrected chi connectivity index (χ4v) is 2.40. The molecule has 1 aromatic rings. The Bertz CT molecular complexity index is 617. The van der Waals surface area contributed by atoms with Gasteiger partial charge in [-0.05, 0) is 0 Å². The quantitative estimate of drug-likeness (QED) is 0.750. The molecule has 0 saturated carbocycles. The Morgan fingerprint density at radius 3 is 2.40 bits per heavy atom. The fourth-order valence-electron chi connectivity index (χ4n) is 2.40. The minimum absolute atomic E-state index is 0.0640. The number of amides is 1. The summed E-state index contributed by atoms with van der Waals surface area (Å²) in [5, 5.41) is 3.94. The Labute approximate surface area is 145 Å². The van der Waals surface area contributed by atoms with Crippen molar-refractivity contribution >= 4 is 17.8 Å². The van der Waals surface area contributed by atoms with Gasteiger partial charge in [-0.3, -0.25) is 14.4 Å². The maximum atomic E-state index is 11.3. The summed E-state index contributed by atoms with van der Waals surface area (Å²) in [5.74, 6) is -2.16. The number of aromatic nitrogens is 3. The zero-order valence-corrected chi connectivity index (χ0v) is 15.0. The molecular weight excluding hydrogens is 332 g/mol. The molecule has 1 saturated heterocycles. The second-order valence-electron chi connectivity index (χ2n) is 5.21. The van der Waals surface area contributed by atoms with Crippen LogP contribution < -0.4 is 5.73 Å². The molecule has 140 valence electrons. The van der Waals surface area contributed by atoms with Crippen LogP contribution in [0.1, 0.15) is 51.5 Å². The molecule has 1 aliphatic heterocycles. The van der Waals surface area contributed by atoms with Gasteiger partial charge >= 0.3 is 11.9 Å². The lowest BCUT2D eigenvalue weighted by Gasteiger charge is -2.20. The number of esters is 2. The van der Waals surface area contributed by atoms with E-state index in [0.717, 1.165) is 0 Å². The molecule has 2 heterocycles. The Morgan fingerprint density at radius 2 is 1.92 bits per heavy atom. The molecule has 10 heteroatoms. The minimum atomic E-state index is -0.762. The number of primary amides is 1. The van der Waals surface area contributed by atoms with Gasteiger partial charge in [0.05, 0.1) is 0 Å². The van der Waals surface area contributed by atoms with Gasteiger partial charge in [0.1, 0.15) is 25.1 Å². The van der Waals surface area contributed by atoms with Crippen LogP contribution in [0.4, 0.5) is 0 Å². The molecule has 1 aromatic heterocycles. The Kier molecular flexibility index (Phi) is 7.49. The Balaban J connectivity index is 0.00000151. The zero-order chi connectivity index (χ0) is 19.1. The molecule has 0 aliphatic carbocycles. The standard InChI is InChI=1S/C13H18N4O6.C2H6/c1-6-10(22-8(3)19)9(4-21-7(2)18)23-13(6)17-5-15-12(16-17)11(14)20;1-2/h5-6,9-10,13H,4H2,1-3H3,(H2,14,20);1-2H3. The van der Waals surface area contributed by atoms with E-state index in [1.54, 1.807) is 6.92 Å². The normalized spacial score (nSPS) is 24.8. The van der Waals surface area contributed by atoms with Gasteiger partial charge in [0.2, 0.25) is 5.82 Å². The van der Waals surface area contributed by atoms with Crippen molar-refractivity contribution in [3.05, 3.63) is 12.2 Å². The molecule has 4 atom stereocenters. The molecular formula is C15H24N4O6. The second kappa shape index (κ2) is 9.11. The second-order valence-corrected chi connectivity index (χ2v) is 5.21. The fraction of sp³-hybridized carbons (Fsp3) is 0.667. The number of ether oxygens (including phenoxy) is 3. The van der Waals surface area contributed by atoms with Gasteiger partial charge in [0, 0.05) is 19.8 Å². The van der Waals surface area contributed by atoms with Gasteiger partial charge in [-0.1, -0.05) is 20.8 Å². The lowest BCUT2D eigenvalue weighted by atomic mass is 10.0. The van der Waals surface area contributed by atoms with Crippen LogP contribution in [0, 0.1) is 5.92 Å². The molecule has 1 amide bonds. The maximum absolute atomic E-state index is 11.3. The SMILES string of the molecule is CC.CC(=O)OCC1OC(n2cnc(C(N)=O)n2)C(C)C1OC(C)=O. The highest BCUT2D eigenvalue weighted by Crippen LogP contribution is 2.36. The summed E-state index contributed by atoms with van der Waals surface area (Å²) in [7, 11) is 0. The van der Waals surface area contributed by atoms with Crippen LogP contribution in [0.5, 0.6) is 0 Å². The van der Waals surface area contributed by atoms with Crippen molar-refractivity contribution in [2.75, 3.05) is 6.61 Å². The smallest absolute Gasteiger partial charge is 0.303 e. The predicted octanol–water partition coefficient (Wildman–Crippen LogP) is 0.432. The number of hydrogen-bond acceptors (Lipinski definition) is 8. The van der Waals surface area contributed by atoms with Gasteiger partial charge in [0.25, 0.3) is 5.91 Å². The Morgan fingerprint density at radius 1 is 1.28 bits per heavy atom. The third kappa shape index (κ3) is 5.24. The van der Waals surface area contributed by atoms with Crippen molar-refractivity contribution in [1.29, 1.82) is 0 Å². The molecule has 0 spiro atoms. The monoisotopic (exact) mass is 356 g/mol. The van der Waals surface area contributed by atoms with Crippen LogP contribution >= 0.6 is 0 Å². The minimum Gasteiger partial charge on any atom is -0.463 e. The maximum Gasteiger partial charge on any atom is 0.303 e. The first kappa shape index (κ1) is 20.6. The van der Waals surface area contributed by atoms with Crippen molar-refractivity contribution in [3.63, 3.8) is 0 Å². The van der Waals surface area contributed by atoms with Crippen LogP contribution in [0.3, 0.4) is 0 Å². The molecule has 0 bridgehead atoms. The number of nitrogens with two attached hydrogens (primary N) is 1. The topological polar surface area (TPSA) is 136 Å². The highest BCUT2D eigenvalue weighted by Gasteiger charge is 2.46. The van der Waals surface area contributed by atoms with Gasteiger partial charge in [-0.2, -0.15) is 0 Å². The summed E-state index contributed by atoms with van der Waals surface area (Å²) in [5.41, 5.74) is 5.12. The summed E-state index contributed by atoms with van der Waals surface area (Å²) in [6.45, 7) is 8.28. The predicted molar refractivity (Wildman–Crippen MR) is 85.1 cm³/mol. The average Bonchev–Trinajstić information content (AvgIpc) is 3.14. The van der Waals surface area contributed by atoms with E-state index >= 15 is 0 Å². The molecule has 1 aliphatic rings. The van der Waals surface area contributed by atoms with E-state index in [2.05, 4.69) is 10.1 Å². The van der Waals surface area contributed by atoms with E-state index in [1.165, 1.54) is 24.9 Å². The Hall–Kier alpha value is -2.49. The van der Waals surface area contributed by atoms with Crippen LogP contribution in [-0.2, 0) is 23.8 Å². The van der Waals surface area contributed by atoms with Crippen LogP contribution in [0.15, 0.2) is 6.33 Å². The van der Waals surface area contributed by atoms with Crippen molar-refractivity contribution < 1.29 is 28.6 Å². The number of carbonyl (C=O) groups is 3. The van der Waals surface area contributed by atoms with Crippen LogP contribution in [0.25, 0.3) is 0 Å². The van der Waals surface area contributed by atoms with E-state index in [4.69, 9.17) is 19.9 Å². The first-order valence-corrected chi connectivity index (χ1v) is 7.96. The third-order valence-electron chi connectivity index (χ3n) is 3.39. The summed E-state index contributed by atoms with van der Waals surface area (Å²) in [6, 6.07) is 0. The first-order chi connectivity index (χ1) is 11.8. The molecule has 4 unspecified atom stereocenters. The summed E-state index contributed by atoms with van der Waals surface area (Å²) < 4.78 is 17.3. The van der Waals surface area contributed by atoms with Crippen molar-refractivity contribution in [1.82, 2.24) is 14.8 Å². The summed E-state index contributed by atoms with van der Waals surface area (Å²) in [6.07, 6.45) is -0.608. The van der Waals surface area contributed by atoms with E-state index in [0.29, 0.717) is 0 Å². The molecule has 0 radical (unpaired) electrons. The molecule has 2 rings (SSSR count). The zero-order valence-electron chi connectivity index (χ0n) is 15.0. The molecule has 25 heavy (non-hydrogen) atoms. The molecule has 1 fully saturated rings. The molecule has 0 aromatic carbocycles. The van der Waals surface area contributed by atoms with Gasteiger partial charge in [-0.25, -0.2) is 9.67 Å².